The lowest BCUT2D eigenvalue weighted by Crippen LogP contribution is -2.32. The van der Waals surface area contributed by atoms with Crippen LogP contribution in [0.25, 0.3) is 0 Å². The summed E-state index contributed by atoms with van der Waals surface area (Å²) in [5, 5.41) is 0. The quantitative estimate of drug-likeness (QED) is 0.0433. The maximum atomic E-state index is 2.44. The van der Waals surface area contributed by atoms with E-state index in [9.17, 15) is 0 Å². The molecule has 0 aliphatic rings. The zero-order chi connectivity index (χ0) is 30.7. The van der Waals surface area contributed by atoms with Crippen LogP contribution in [0.4, 0.5) is 0 Å². The standard InChI is InChI=1S/C42H76N/c1-3-5-7-9-11-13-15-17-19-21-22-24-26-28-30-32-34-36-42-37-40-43(41-38-42)39-35-33-31-29-27-25-23-20-18-16-14-12-10-8-6-4-2/h17-20,37-38,40-41H,3-16,21-36,39H2,1-2H3/q+1/b19-17+,20-18-. The highest BCUT2D eigenvalue weighted by Crippen LogP contribution is 2.13. The van der Waals surface area contributed by atoms with Gasteiger partial charge in [-0.2, -0.15) is 0 Å². The fourth-order valence-electron chi connectivity index (χ4n) is 6.10. The Hall–Kier alpha value is -1.37. The van der Waals surface area contributed by atoms with Crippen LogP contribution in [0.3, 0.4) is 0 Å². The molecule has 0 saturated heterocycles. The lowest BCUT2D eigenvalue weighted by molar-refractivity contribution is -0.697. The topological polar surface area (TPSA) is 3.88 Å². The predicted octanol–water partition coefficient (Wildman–Crippen LogP) is 14.0. The van der Waals surface area contributed by atoms with Crippen molar-refractivity contribution in [1.82, 2.24) is 0 Å². The third-order valence-corrected chi connectivity index (χ3v) is 9.12. The van der Waals surface area contributed by atoms with Crippen LogP contribution < -0.4 is 4.57 Å². The van der Waals surface area contributed by atoms with Crippen LogP contribution in [0.1, 0.15) is 206 Å². The van der Waals surface area contributed by atoms with E-state index in [-0.39, 0.29) is 0 Å². The van der Waals surface area contributed by atoms with Gasteiger partial charge in [0.1, 0.15) is 6.54 Å². The molecule has 0 aliphatic carbocycles. The van der Waals surface area contributed by atoms with Crippen molar-refractivity contribution in [3.8, 4) is 0 Å². The number of hydrogen-bond donors (Lipinski definition) is 0. The van der Waals surface area contributed by atoms with Crippen LogP contribution in [-0.4, -0.2) is 0 Å². The fraction of sp³-hybridized carbons (Fsp3) is 0.786. The molecule has 1 heteroatoms. The molecule has 1 aromatic heterocycles. The second kappa shape index (κ2) is 33.5. The molecule has 0 saturated carbocycles. The minimum absolute atomic E-state index is 1.18. The second-order valence-electron chi connectivity index (χ2n) is 13.4. The lowest BCUT2D eigenvalue weighted by Gasteiger charge is -2.03. The number of hydrogen-bond acceptors (Lipinski definition) is 0. The lowest BCUT2D eigenvalue weighted by atomic mass is 10.0. The highest BCUT2D eigenvalue weighted by molar-refractivity contribution is 5.07. The maximum Gasteiger partial charge on any atom is 0.169 e. The molecule has 0 atom stereocenters. The third-order valence-electron chi connectivity index (χ3n) is 9.12. The molecule has 0 radical (unpaired) electrons. The molecule has 0 unspecified atom stereocenters. The van der Waals surface area contributed by atoms with E-state index in [2.05, 4.69) is 67.2 Å². The van der Waals surface area contributed by atoms with E-state index >= 15 is 0 Å². The first-order valence-electron chi connectivity index (χ1n) is 19.6. The monoisotopic (exact) mass is 595 g/mol. The zero-order valence-electron chi connectivity index (χ0n) is 29.5. The maximum absolute atomic E-state index is 2.44. The second-order valence-corrected chi connectivity index (χ2v) is 13.4. The molecule has 1 nitrogen and oxygen atoms in total. The first-order chi connectivity index (χ1) is 21.4. The van der Waals surface area contributed by atoms with E-state index in [1.165, 1.54) is 205 Å². The van der Waals surface area contributed by atoms with Crippen molar-refractivity contribution in [2.75, 3.05) is 0 Å². The Morgan fingerprint density at radius 2 is 0.721 bits per heavy atom. The number of aryl methyl sites for hydroxylation is 2. The summed E-state index contributed by atoms with van der Waals surface area (Å²) in [6.07, 6.45) is 55.8. The van der Waals surface area contributed by atoms with E-state index in [0.717, 1.165) is 0 Å². The number of rotatable bonds is 33. The van der Waals surface area contributed by atoms with Crippen molar-refractivity contribution in [3.05, 3.63) is 54.4 Å². The van der Waals surface area contributed by atoms with E-state index in [0.29, 0.717) is 0 Å². The number of pyridine rings is 1. The first kappa shape index (κ1) is 39.7. The summed E-state index contributed by atoms with van der Waals surface area (Å²) in [5.41, 5.74) is 1.52. The summed E-state index contributed by atoms with van der Waals surface area (Å²) in [4.78, 5) is 0. The van der Waals surface area contributed by atoms with Gasteiger partial charge in [-0.1, -0.05) is 154 Å². The Morgan fingerprint density at radius 1 is 0.395 bits per heavy atom. The Labute approximate surface area is 271 Å². The Morgan fingerprint density at radius 3 is 1.12 bits per heavy atom. The zero-order valence-corrected chi connectivity index (χ0v) is 29.5. The first-order valence-corrected chi connectivity index (χ1v) is 19.6. The molecule has 0 amide bonds. The van der Waals surface area contributed by atoms with Gasteiger partial charge >= 0.3 is 0 Å². The molecule has 0 aromatic carbocycles. The van der Waals surface area contributed by atoms with Gasteiger partial charge in [-0.05, 0) is 76.2 Å². The van der Waals surface area contributed by atoms with Gasteiger partial charge in [-0.15, -0.1) is 0 Å². The number of allylic oxidation sites excluding steroid dienone is 4. The molecule has 1 heterocycles. The SMILES string of the molecule is CCCCCCCC/C=C\CCCCCCCC[n+]1ccc(CCCCCCCCC/C=C/CCCCCCCC)cc1. The summed E-state index contributed by atoms with van der Waals surface area (Å²) in [5.74, 6) is 0. The van der Waals surface area contributed by atoms with Gasteiger partial charge in [0.05, 0.1) is 0 Å². The Kier molecular flexibility index (Phi) is 30.9. The fourth-order valence-corrected chi connectivity index (χ4v) is 6.10. The van der Waals surface area contributed by atoms with Crippen LogP contribution in [0, 0.1) is 0 Å². The smallest absolute Gasteiger partial charge is 0.169 e. The average molecular weight is 595 g/mol. The van der Waals surface area contributed by atoms with Crippen molar-refractivity contribution in [1.29, 1.82) is 0 Å². The van der Waals surface area contributed by atoms with Crippen molar-refractivity contribution in [2.45, 2.75) is 213 Å². The van der Waals surface area contributed by atoms with Crippen LogP contribution >= 0.6 is 0 Å². The van der Waals surface area contributed by atoms with Crippen LogP contribution in [0.15, 0.2) is 48.8 Å². The molecule has 0 spiro atoms. The molecule has 0 fully saturated rings. The predicted molar refractivity (Wildman–Crippen MR) is 194 cm³/mol. The van der Waals surface area contributed by atoms with Crippen LogP contribution in [-0.2, 0) is 13.0 Å². The van der Waals surface area contributed by atoms with Gasteiger partial charge in [0.25, 0.3) is 0 Å². The Bertz CT molecular complexity index is 715. The highest BCUT2D eigenvalue weighted by Gasteiger charge is 2.02. The third kappa shape index (κ3) is 29.1. The highest BCUT2D eigenvalue weighted by atomic mass is 14.9. The summed E-state index contributed by atoms with van der Waals surface area (Å²) in [6.45, 7) is 5.77. The van der Waals surface area contributed by atoms with E-state index in [4.69, 9.17) is 0 Å². The van der Waals surface area contributed by atoms with Gasteiger partial charge in [0.2, 0.25) is 0 Å². The molecule has 248 valence electrons. The van der Waals surface area contributed by atoms with Gasteiger partial charge in [0, 0.05) is 18.6 Å². The summed E-state index contributed by atoms with van der Waals surface area (Å²) in [6, 6.07) is 4.72. The normalized spacial score (nSPS) is 11.9. The molecular weight excluding hydrogens is 518 g/mol. The van der Waals surface area contributed by atoms with E-state index < -0.39 is 0 Å². The summed E-state index contributed by atoms with van der Waals surface area (Å²) >= 11 is 0. The number of nitrogens with zero attached hydrogens (tertiary/aromatic N) is 1. The molecule has 0 N–H and O–H groups in total. The number of unbranched alkanes of at least 4 members (excludes halogenated alkanes) is 25. The molecule has 43 heavy (non-hydrogen) atoms. The van der Waals surface area contributed by atoms with E-state index in [1.54, 1.807) is 0 Å². The summed E-state index contributed by atoms with van der Waals surface area (Å²) < 4.78 is 2.39. The van der Waals surface area contributed by atoms with Crippen LogP contribution in [0.2, 0.25) is 0 Å². The van der Waals surface area contributed by atoms with Crippen molar-refractivity contribution < 1.29 is 4.57 Å². The minimum Gasteiger partial charge on any atom is -0.205 e. The van der Waals surface area contributed by atoms with Gasteiger partial charge in [-0.25, -0.2) is 4.57 Å². The van der Waals surface area contributed by atoms with Crippen LogP contribution in [0.5, 0.6) is 0 Å². The van der Waals surface area contributed by atoms with Crippen molar-refractivity contribution >= 4 is 0 Å². The summed E-state index contributed by atoms with van der Waals surface area (Å²) in [7, 11) is 0. The minimum atomic E-state index is 1.18. The molecule has 1 rings (SSSR count). The Balaban J connectivity index is 1.84. The van der Waals surface area contributed by atoms with E-state index in [1.807, 2.05) is 0 Å². The van der Waals surface area contributed by atoms with Crippen molar-refractivity contribution in [3.63, 3.8) is 0 Å². The average Bonchev–Trinajstić information content (AvgIpc) is 3.03. The van der Waals surface area contributed by atoms with Gasteiger partial charge in [-0.3, -0.25) is 0 Å². The molecule has 0 bridgehead atoms. The largest absolute Gasteiger partial charge is 0.205 e. The van der Waals surface area contributed by atoms with Crippen molar-refractivity contribution in [2.24, 2.45) is 0 Å². The molecular formula is C42H76N+. The molecule has 0 aliphatic heterocycles. The number of aromatic nitrogens is 1. The van der Waals surface area contributed by atoms with Gasteiger partial charge in [0.15, 0.2) is 12.4 Å². The van der Waals surface area contributed by atoms with Gasteiger partial charge < -0.3 is 0 Å². The molecule has 1 aromatic rings.